The lowest BCUT2D eigenvalue weighted by atomic mass is 10.1. The Morgan fingerprint density at radius 3 is 2.94 bits per heavy atom. The van der Waals surface area contributed by atoms with Crippen molar-refractivity contribution >= 4 is 17.5 Å². The summed E-state index contributed by atoms with van der Waals surface area (Å²) < 4.78 is 13.6. The minimum Gasteiger partial charge on any atom is -0.393 e. The molecule has 1 fully saturated rings. The SMILES string of the molecule is O=C(NCC1CCC(O)C1)c1cccc(Cl)c1F. The van der Waals surface area contributed by atoms with Gasteiger partial charge in [-0.3, -0.25) is 4.79 Å². The van der Waals surface area contributed by atoms with Gasteiger partial charge in [-0.05, 0) is 37.3 Å². The molecule has 0 aliphatic heterocycles. The third-order valence-electron chi connectivity index (χ3n) is 3.26. The molecule has 0 saturated heterocycles. The van der Waals surface area contributed by atoms with Gasteiger partial charge in [-0.15, -0.1) is 0 Å². The number of hydrogen-bond donors (Lipinski definition) is 2. The lowest BCUT2D eigenvalue weighted by molar-refractivity contribution is 0.0941. The molecule has 1 aromatic rings. The topological polar surface area (TPSA) is 49.3 Å². The normalized spacial score (nSPS) is 23.1. The van der Waals surface area contributed by atoms with Gasteiger partial charge in [0.25, 0.3) is 5.91 Å². The van der Waals surface area contributed by atoms with Gasteiger partial charge in [0.05, 0.1) is 16.7 Å². The molecule has 2 rings (SSSR count). The van der Waals surface area contributed by atoms with Gasteiger partial charge < -0.3 is 10.4 Å². The van der Waals surface area contributed by atoms with Crippen LogP contribution in [0.5, 0.6) is 0 Å². The fourth-order valence-corrected chi connectivity index (χ4v) is 2.42. The maximum atomic E-state index is 13.6. The second-order valence-corrected chi connectivity index (χ2v) is 5.05. The van der Waals surface area contributed by atoms with E-state index in [1.54, 1.807) is 6.07 Å². The van der Waals surface area contributed by atoms with E-state index in [9.17, 15) is 14.3 Å². The maximum absolute atomic E-state index is 13.6. The number of aliphatic hydroxyl groups excluding tert-OH is 1. The van der Waals surface area contributed by atoms with Crippen molar-refractivity contribution in [1.29, 1.82) is 0 Å². The first-order chi connectivity index (χ1) is 8.58. The molecule has 0 aromatic heterocycles. The lowest BCUT2D eigenvalue weighted by Gasteiger charge is -2.11. The first-order valence-corrected chi connectivity index (χ1v) is 6.36. The lowest BCUT2D eigenvalue weighted by Crippen LogP contribution is -2.29. The molecule has 1 saturated carbocycles. The summed E-state index contributed by atoms with van der Waals surface area (Å²) in [6.45, 7) is 0.460. The van der Waals surface area contributed by atoms with Crippen LogP contribution in [0, 0.1) is 11.7 Å². The number of carbonyl (C=O) groups excluding carboxylic acids is 1. The standard InChI is InChI=1S/C13H15ClFNO2/c14-11-3-1-2-10(12(11)15)13(18)16-7-8-4-5-9(17)6-8/h1-3,8-9,17H,4-7H2,(H,16,18). The minimum absolute atomic E-state index is 0.0407. The smallest absolute Gasteiger partial charge is 0.254 e. The molecule has 2 atom stereocenters. The van der Waals surface area contributed by atoms with Crippen molar-refractivity contribution in [2.24, 2.45) is 5.92 Å². The van der Waals surface area contributed by atoms with Crippen LogP contribution in [0.1, 0.15) is 29.6 Å². The number of rotatable bonds is 3. The van der Waals surface area contributed by atoms with Gasteiger partial charge in [0.2, 0.25) is 0 Å². The number of halogens is 2. The second-order valence-electron chi connectivity index (χ2n) is 4.64. The molecule has 0 spiro atoms. The maximum Gasteiger partial charge on any atom is 0.254 e. The van der Waals surface area contributed by atoms with E-state index in [0.29, 0.717) is 13.0 Å². The molecule has 2 N–H and O–H groups in total. The van der Waals surface area contributed by atoms with Gasteiger partial charge in [-0.25, -0.2) is 4.39 Å². The van der Waals surface area contributed by atoms with Crippen LogP contribution in [0.15, 0.2) is 18.2 Å². The van der Waals surface area contributed by atoms with Crippen LogP contribution in [0.3, 0.4) is 0 Å². The Bertz CT molecular complexity index is 453. The zero-order valence-corrected chi connectivity index (χ0v) is 10.6. The van der Waals surface area contributed by atoms with Crippen molar-refractivity contribution in [3.63, 3.8) is 0 Å². The zero-order valence-electron chi connectivity index (χ0n) is 9.83. The van der Waals surface area contributed by atoms with E-state index in [1.165, 1.54) is 12.1 Å². The number of benzene rings is 1. The largest absolute Gasteiger partial charge is 0.393 e. The molecule has 5 heteroatoms. The van der Waals surface area contributed by atoms with Crippen LogP contribution in [-0.2, 0) is 0 Å². The van der Waals surface area contributed by atoms with E-state index in [2.05, 4.69) is 5.32 Å². The average Bonchev–Trinajstić information content (AvgIpc) is 2.76. The van der Waals surface area contributed by atoms with Crippen LogP contribution < -0.4 is 5.32 Å². The van der Waals surface area contributed by atoms with Crippen LogP contribution in [-0.4, -0.2) is 23.7 Å². The van der Waals surface area contributed by atoms with Crippen molar-refractivity contribution in [3.05, 3.63) is 34.6 Å². The van der Waals surface area contributed by atoms with Crippen molar-refractivity contribution in [1.82, 2.24) is 5.32 Å². The number of carbonyl (C=O) groups is 1. The molecule has 1 aromatic carbocycles. The third kappa shape index (κ3) is 3.00. The number of aliphatic hydroxyl groups is 1. The Hall–Kier alpha value is -1.13. The van der Waals surface area contributed by atoms with E-state index in [1.807, 2.05) is 0 Å². The fourth-order valence-electron chi connectivity index (χ4n) is 2.25. The van der Waals surface area contributed by atoms with E-state index >= 15 is 0 Å². The average molecular weight is 272 g/mol. The molecule has 0 heterocycles. The summed E-state index contributed by atoms with van der Waals surface area (Å²) in [6.07, 6.45) is 2.08. The monoisotopic (exact) mass is 271 g/mol. The molecule has 1 amide bonds. The Kier molecular flexibility index (Phi) is 4.19. The second kappa shape index (κ2) is 5.67. The van der Waals surface area contributed by atoms with Crippen LogP contribution in [0.25, 0.3) is 0 Å². The molecule has 3 nitrogen and oxygen atoms in total. The highest BCUT2D eigenvalue weighted by molar-refractivity contribution is 6.31. The van der Waals surface area contributed by atoms with Crippen LogP contribution in [0.4, 0.5) is 4.39 Å². The minimum atomic E-state index is -0.692. The van der Waals surface area contributed by atoms with Gasteiger partial charge >= 0.3 is 0 Å². The highest BCUT2D eigenvalue weighted by Crippen LogP contribution is 2.24. The molecule has 0 radical (unpaired) electrons. The summed E-state index contributed by atoms with van der Waals surface area (Å²) in [7, 11) is 0. The van der Waals surface area contributed by atoms with E-state index in [0.717, 1.165) is 12.8 Å². The van der Waals surface area contributed by atoms with Crippen molar-refractivity contribution in [2.45, 2.75) is 25.4 Å². The van der Waals surface area contributed by atoms with Gasteiger partial charge in [-0.2, -0.15) is 0 Å². The third-order valence-corrected chi connectivity index (χ3v) is 3.55. The van der Waals surface area contributed by atoms with E-state index < -0.39 is 11.7 Å². The fraction of sp³-hybridized carbons (Fsp3) is 0.462. The Balaban J connectivity index is 1.94. The Labute approximate surface area is 110 Å². The summed E-state index contributed by atoms with van der Waals surface area (Å²) in [5.74, 6) is -0.884. The van der Waals surface area contributed by atoms with Crippen molar-refractivity contribution in [3.8, 4) is 0 Å². The van der Waals surface area contributed by atoms with E-state index in [4.69, 9.17) is 11.6 Å². The quantitative estimate of drug-likeness (QED) is 0.887. The predicted molar refractivity (Wildman–Crippen MR) is 67.1 cm³/mol. The van der Waals surface area contributed by atoms with Crippen molar-refractivity contribution in [2.75, 3.05) is 6.54 Å². The predicted octanol–water partition coefficient (Wildman–Crippen LogP) is 2.37. The molecule has 18 heavy (non-hydrogen) atoms. The number of hydrogen-bond acceptors (Lipinski definition) is 2. The van der Waals surface area contributed by atoms with E-state index in [-0.39, 0.29) is 22.6 Å². The number of amides is 1. The summed E-state index contributed by atoms with van der Waals surface area (Å²) in [5.41, 5.74) is -0.0407. The molecule has 1 aliphatic carbocycles. The molecule has 98 valence electrons. The van der Waals surface area contributed by atoms with Gasteiger partial charge in [0.15, 0.2) is 5.82 Å². The molecule has 2 unspecified atom stereocenters. The van der Waals surface area contributed by atoms with Crippen LogP contribution >= 0.6 is 11.6 Å². The summed E-state index contributed by atoms with van der Waals surface area (Å²) in [4.78, 5) is 11.8. The van der Waals surface area contributed by atoms with Gasteiger partial charge in [0.1, 0.15) is 0 Å². The summed E-state index contributed by atoms with van der Waals surface area (Å²) in [5, 5.41) is 12.0. The van der Waals surface area contributed by atoms with Gasteiger partial charge in [-0.1, -0.05) is 17.7 Å². The highest BCUT2D eigenvalue weighted by atomic mass is 35.5. The highest BCUT2D eigenvalue weighted by Gasteiger charge is 2.23. The Morgan fingerprint density at radius 2 is 2.28 bits per heavy atom. The Morgan fingerprint density at radius 1 is 1.50 bits per heavy atom. The molecule has 0 bridgehead atoms. The van der Waals surface area contributed by atoms with Gasteiger partial charge in [0, 0.05) is 6.54 Å². The first kappa shape index (κ1) is 13.3. The first-order valence-electron chi connectivity index (χ1n) is 5.98. The number of nitrogens with one attached hydrogen (secondary N) is 1. The molecular formula is C13H15ClFNO2. The molecular weight excluding hydrogens is 257 g/mol. The molecule has 1 aliphatic rings. The summed E-state index contributed by atoms with van der Waals surface area (Å²) >= 11 is 5.62. The summed E-state index contributed by atoms with van der Waals surface area (Å²) in [6, 6.07) is 4.35. The van der Waals surface area contributed by atoms with Crippen LogP contribution in [0.2, 0.25) is 5.02 Å². The zero-order chi connectivity index (χ0) is 13.1. The van der Waals surface area contributed by atoms with Crippen molar-refractivity contribution < 1.29 is 14.3 Å².